The molecule has 132 valence electrons. The van der Waals surface area contributed by atoms with Crippen molar-refractivity contribution in [2.24, 2.45) is 0 Å². The van der Waals surface area contributed by atoms with E-state index in [0.717, 1.165) is 25.8 Å². The maximum Gasteiger partial charge on any atom is 0.339 e. The molecule has 1 amide bonds. The Labute approximate surface area is 146 Å². The second kappa shape index (κ2) is 9.36. The number of unbranched alkanes of at least 4 members (excludes halogenated alkanes) is 2. The average Bonchev–Trinajstić information content (AvgIpc) is 2.65. The minimum absolute atomic E-state index is 0.286. The summed E-state index contributed by atoms with van der Waals surface area (Å²) in [5.41, 5.74) is 0.966. The summed E-state index contributed by atoms with van der Waals surface area (Å²) in [4.78, 5) is 32.3. The molecule has 0 radical (unpaired) electrons. The molecule has 0 saturated carbocycles. The van der Waals surface area contributed by atoms with Crippen molar-refractivity contribution in [1.29, 1.82) is 0 Å². The summed E-state index contributed by atoms with van der Waals surface area (Å²) < 4.78 is 4.71. The summed E-state index contributed by atoms with van der Waals surface area (Å²) in [7, 11) is 1.29. The fraction of sp³-hybridized carbons (Fsp3) is 0.333. The topological polar surface area (TPSA) is 93.2 Å². The zero-order valence-corrected chi connectivity index (χ0v) is 14.4. The van der Waals surface area contributed by atoms with Gasteiger partial charge in [-0.15, -0.1) is 0 Å². The number of ether oxygens (including phenoxy) is 1. The van der Waals surface area contributed by atoms with Gasteiger partial charge in [0.1, 0.15) is 0 Å². The van der Waals surface area contributed by atoms with Gasteiger partial charge in [-0.1, -0.05) is 31.9 Å². The number of amides is 1. The third kappa shape index (κ3) is 5.27. The molecule has 2 aromatic rings. The molecule has 7 heteroatoms. The van der Waals surface area contributed by atoms with Gasteiger partial charge < -0.3 is 15.4 Å². The molecule has 7 nitrogen and oxygen atoms in total. The van der Waals surface area contributed by atoms with E-state index in [1.165, 1.54) is 19.5 Å². The van der Waals surface area contributed by atoms with E-state index in [0.29, 0.717) is 17.2 Å². The Morgan fingerprint density at radius 2 is 1.84 bits per heavy atom. The van der Waals surface area contributed by atoms with Crippen molar-refractivity contribution < 1.29 is 14.3 Å². The van der Waals surface area contributed by atoms with Crippen LogP contribution in [0.2, 0.25) is 0 Å². The Kier molecular flexibility index (Phi) is 6.88. The molecule has 0 aliphatic heterocycles. The van der Waals surface area contributed by atoms with Crippen LogP contribution >= 0.6 is 0 Å². The lowest BCUT2D eigenvalue weighted by Gasteiger charge is -2.09. The van der Waals surface area contributed by atoms with E-state index in [1.807, 2.05) is 0 Å². The van der Waals surface area contributed by atoms with Crippen LogP contribution in [0.25, 0.3) is 0 Å². The standard InChI is InChI=1S/C18H22N4O3/c1-3-4-7-10-19-18-20-11-13(12-21-18)16(23)22-15-9-6-5-8-14(15)17(24)25-2/h5-6,8-9,11-12H,3-4,7,10H2,1-2H3,(H,22,23)(H,19,20,21). The molecule has 0 aliphatic rings. The Balaban J connectivity index is 2.01. The number of hydrogen-bond acceptors (Lipinski definition) is 6. The molecule has 25 heavy (non-hydrogen) atoms. The molecule has 2 N–H and O–H groups in total. The predicted octanol–water partition coefficient (Wildman–Crippen LogP) is 3.12. The first kappa shape index (κ1) is 18.4. The molecular formula is C18H22N4O3. The first-order chi connectivity index (χ1) is 12.2. The molecular weight excluding hydrogens is 320 g/mol. The van der Waals surface area contributed by atoms with Crippen molar-refractivity contribution in [3.05, 3.63) is 47.8 Å². The van der Waals surface area contributed by atoms with E-state index in [1.54, 1.807) is 24.3 Å². The average molecular weight is 342 g/mol. The second-order valence-corrected chi connectivity index (χ2v) is 5.42. The van der Waals surface area contributed by atoms with E-state index in [9.17, 15) is 9.59 Å². The first-order valence-corrected chi connectivity index (χ1v) is 8.20. The Morgan fingerprint density at radius 3 is 2.52 bits per heavy atom. The molecule has 0 saturated heterocycles. The zero-order chi connectivity index (χ0) is 18.1. The Bertz CT molecular complexity index is 717. The van der Waals surface area contributed by atoms with Gasteiger partial charge in [-0.05, 0) is 18.6 Å². The third-order valence-electron chi connectivity index (χ3n) is 3.56. The maximum atomic E-state index is 12.3. The number of aromatic nitrogens is 2. The number of methoxy groups -OCH3 is 1. The lowest BCUT2D eigenvalue weighted by Crippen LogP contribution is -2.16. The molecule has 0 bridgehead atoms. The smallest absolute Gasteiger partial charge is 0.339 e. The molecule has 0 atom stereocenters. The lowest BCUT2D eigenvalue weighted by molar-refractivity contribution is 0.0602. The van der Waals surface area contributed by atoms with Crippen LogP contribution in [0, 0.1) is 0 Å². The van der Waals surface area contributed by atoms with Crippen LogP contribution in [-0.4, -0.2) is 35.5 Å². The molecule has 1 aromatic heterocycles. The van der Waals surface area contributed by atoms with E-state index < -0.39 is 11.9 Å². The largest absolute Gasteiger partial charge is 0.465 e. The number of hydrogen-bond donors (Lipinski definition) is 2. The van der Waals surface area contributed by atoms with E-state index in [4.69, 9.17) is 4.74 Å². The van der Waals surface area contributed by atoms with Crippen LogP contribution in [0.4, 0.5) is 11.6 Å². The van der Waals surface area contributed by atoms with Crippen molar-refractivity contribution in [1.82, 2.24) is 9.97 Å². The van der Waals surface area contributed by atoms with Gasteiger partial charge in [0.15, 0.2) is 0 Å². The van der Waals surface area contributed by atoms with E-state index in [2.05, 4.69) is 27.5 Å². The molecule has 2 rings (SSSR count). The highest BCUT2D eigenvalue weighted by Gasteiger charge is 2.14. The molecule has 0 fully saturated rings. The summed E-state index contributed by atoms with van der Waals surface area (Å²) in [6, 6.07) is 6.64. The number of carbonyl (C=O) groups excluding carboxylic acids is 2. The van der Waals surface area contributed by atoms with Gasteiger partial charge in [-0.3, -0.25) is 4.79 Å². The highest BCUT2D eigenvalue weighted by molar-refractivity contribution is 6.07. The monoisotopic (exact) mass is 342 g/mol. The summed E-state index contributed by atoms with van der Waals surface area (Å²) in [6.45, 7) is 2.94. The summed E-state index contributed by atoms with van der Waals surface area (Å²) in [6.07, 6.45) is 6.24. The summed E-state index contributed by atoms with van der Waals surface area (Å²) in [5, 5.41) is 5.79. The van der Waals surface area contributed by atoms with Crippen molar-refractivity contribution in [3.8, 4) is 0 Å². The summed E-state index contributed by atoms with van der Waals surface area (Å²) in [5.74, 6) is -0.421. The van der Waals surface area contributed by atoms with Gasteiger partial charge in [0.05, 0.1) is 23.9 Å². The Morgan fingerprint density at radius 1 is 1.12 bits per heavy atom. The quantitative estimate of drug-likeness (QED) is 0.565. The van der Waals surface area contributed by atoms with Crippen molar-refractivity contribution in [2.45, 2.75) is 26.2 Å². The fourth-order valence-electron chi connectivity index (χ4n) is 2.19. The maximum absolute atomic E-state index is 12.3. The van der Waals surface area contributed by atoms with Crippen LogP contribution in [0.15, 0.2) is 36.7 Å². The number of carbonyl (C=O) groups is 2. The minimum atomic E-state index is -0.515. The van der Waals surface area contributed by atoms with Crippen LogP contribution in [0.1, 0.15) is 46.9 Å². The minimum Gasteiger partial charge on any atom is -0.465 e. The number of esters is 1. The highest BCUT2D eigenvalue weighted by atomic mass is 16.5. The Hall–Kier alpha value is -2.96. The van der Waals surface area contributed by atoms with Gasteiger partial charge >= 0.3 is 5.97 Å². The van der Waals surface area contributed by atoms with Crippen LogP contribution in [-0.2, 0) is 4.74 Å². The number of para-hydroxylation sites is 1. The lowest BCUT2D eigenvalue weighted by atomic mass is 10.1. The van der Waals surface area contributed by atoms with Crippen molar-refractivity contribution >= 4 is 23.5 Å². The van der Waals surface area contributed by atoms with Crippen LogP contribution < -0.4 is 10.6 Å². The zero-order valence-electron chi connectivity index (χ0n) is 14.4. The normalized spacial score (nSPS) is 10.2. The van der Waals surface area contributed by atoms with Crippen LogP contribution in [0.5, 0.6) is 0 Å². The molecule has 0 aliphatic carbocycles. The first-order valence-electron chi connectivity index (χ1n) is 8.20. The molecule has 1 aromatic carbocycles. The van der Waals surface area contributed by atoms with Crippen molar-refractivity contribution in [2.75, 3.05) is 24.3 Å². The number of nitrogens with one attached hydrogen (secondary N) is 2. The number of benzene rings is 1. The molecule has 0 unspecified atom stereocenters. The van der Waals surface area contributed by atoms with E-state index >= 15 is 0 Å². The number of anilines is 2. The third-order valence-corrected chi connectivity index (χ3v) is 3.56. The fourth-order valence-corrected chi connectivity index (χ4v) is 2.19. The second-order valence-electron chi connectivity index (χ2n) is 5.42. The molecule has 1 heterocycles. The summed E-state index contributed by atoms with van der Waals surface area (Å²) >= 11 is 0. The van der Waals surface area contributed by atoms with Gasteiger partial charge in [-0.2, -0.15) is 0 Å². The number of nitrogens with zero attached hydrogens (tertiary/aromatic N) is 2. The van der Waals surface area contributed by atoms with Gasteiger partial charge in [0.25, 0.3) is 5.91 Å². The number of rotatable bonds is 8. The van der Waals surface area contributed by atoms with E-state index in [-0.39, 0.29) is 5.56 Å². The SMILES string of the molecule is CCCCCNc1ncc(C(=O)Nc2ccccc2C(=O)OC)cn1. The van der Waals surface area contributed by atoms with Gasteiger partial charge in [-0.25, -0.2) is 14.8 Å². The molecule has 0 spiro atoms. The predicted molar refractivity (Wildman–Crippen MR) is 95.8 cm³/mol. The van der Waals surface area contributed by atoms with Crippen LogP contribution in [0.3, 0.4) is 0 Å². The van der Waals surface area contributed by atoms with Gasteiger partial charge in [0.2, 0.25) is 5.95 Å². The van der Waals surface area contributed by atoms with Gasteiger partial charge in [0, 0.05) is 18.9 Å². The van der Waals surface area contributed by atoms with Crippen molar-refractivity contribution in [3.63, 3.8) is 0 Å². The highest BCUT2D eigenvalue weighted by Crippen LogP contribution is 2.17.